The Morgan fingerprint density at radius 3 is 2.14 bits per heavy atom. The molecule has 0 fully saturated rings. The second-order valence-electron chi connectivity index (χ2n) is 4.11. The third-order valence-corrected chi connectivity index (χ3v) is 4.56. The first-order chi connectivity index (χ1) is 10.2. The molecule has 0 aliphatic rings. The number of sulfonamides is 1. The second-order valence-corrected chi connectivity index (χ2v) is 6.93. The smallest absolute Gasteiger partial charge is 0.273 e. The topological polar surface area (TPSA) is 46.2 Å². The first kappa shape index (κ1) is 16.6. The molecule has 2 aromatic carbocycles. The Balaban J connectivity index is 2.20. The summed E-state index contributed by atoms with van der Waals surface area (Å²) in [5.41, 5.74) is -6.26. The normalized spacial score (nSPS) is 12.2. The van der Waals surface area contributed by atoms with E-state index in [4.69, 9.17) is 0 Å². The van der Waals surface area contributed by atoms with Gasteiger partial charge in [-0.1, -0.05) is 30.0 Å². The van der Waals surface area contributed by atoms with E-state index in [1.54, 1.807) is 30.3 Å². The highest BCUT2D eigenvalue weighted by Gasteiger charge is 2.46. The summed E-state index contributed by atoms with van der Waals surface area (Å²) in [6, 6.07) is 12.2. The molecular weight excluding hydrogens is 342 g/mol. The molecule has 2 aromatic rings. The fourth-order valence-electron chi connectivity index (χ4n) is 1.47. The second kappa shape index (κ2) is 6.17. The largest absolute Gasteiger partial charge is 0.516 e. The summed E-state index contributed by atoms with van der Waals surface area (Å²) in [5, 5.41) is 0. The van der Waals surface area contributed by atoms with Crippen LogP contribution in [-0.4, -0.2) is 13.9 Å². The molecule has 3 nitrogen and oxygen atoms in total. The van der Waals surface area contributed by atoms with Gasteiger partial charge in [-0.05, 0) is 30.3 Å². The lowest BCUT2D eigenvalue weighted by Crippen LogP contribution is -2.30. The zero-order valence-electron chi connectivity index (χ0n) is 10.8. The van der Waals surface area contributed by atoms with E-state index in [1.165, 1.54) is 22.6 Å². The quantitative estimate of drug-likeness (QED) is 0.838. The number of nitrogens with one attached hydrogen (secondary N) is 1. The summed E-state index contributed by atoms with van der Waals surface area (Å²) in [6.07, 6.45) is 0. The Hall–Kier alpha value is -1.74. The van der Waals surface area contributed by atoms with E-state index >= 15 is 0 Å². The van der Waals surface area contributed by atoms with Crippen molar-refractivity contribution in [3.63, 3.8) is 0 Å². The fraction of sp³-hybridized carbons (Fsp3) is 0.0769. The minimum absolute atomic E-state index is 0.429. The number of alkyl halides is 3. The molecule has 0 radical (unpaired) electrons. The number of rotatable bonds is 4. The van der Waals surface area contributed by atoms with Gasteiger partial charge in [0.15, 0.2) is 0 Å². The van der Waals surface area contributed by atoms with Crippen LogP contribution in [0.25, 0.3) is 0 Å². The van der Waals surface area contributed by atoms with Crippen molar-refractivity contribution >= 4 is 27.5 Å². The zero-order chi connectivity index (χ0) is 16.4. The predicted molar refractivity (Wildman–Crippen MR) is 75.6 cm³/mol. The Kier molecular flexibility index (Phi) is 4.66. The summed E-state index contributed by atoms with van der Waals surface area (Å²) >= 11 is 1.19. The van der Waals surface area contributed by atoms with Crippen molar-refractivity contribution in [2.24, 2.45) is 0 Å². The molecule has 0 aromatic heterocycles. The lowest BCUT2D eigenvalue weighted by molar-refractivity contribution is -0.0429. The molecule has 118 valence electrons. The molecule has 0 unspecified atom stereocenters. The Labute approximate surface area is 128 Å². The molecular formula is C13H9F4NO2S2. The summed E-state index contributed by atoms with van der Waals surface area (Å²) in [7, 11) is -5.64. The average molecular weight is 351 g/mol. The fourth-order valence-corrected chi connectivity index (χ4v) is 2.90. The van der Waals surface area contributed by atoms with Gasteiger partial charge in [0.1, 0.15) is 5.82 Å². The highest BCUT2D eigenvalue weighted by atomic mass is 32.2. The molecule has 0 bridgehead atoms. The van der Waals surface area contributed by atoms with Crippen LogP contribution in [0.1, 0.15) is 0 Å². The molecule has 0 saturated heterocycles. The first-order valence-electron chi connectivity index (χ1n) is 5.80. The van der Waals surface area contributed by atoms with Crippen LogP contribution in [0.15, 0.2) is 58.3 Å². The maximum Gasteiger partial charge on any atom is 0.516 e. The van der Waals surface area contributed by atoms with Crippen LogP contribution >= 0.6 is 11.8 Å². The molecule has 0 spiro atoms. The summed E-state index contributed by atoms with van der Waals surface area (Å²) < 4.78 is 73.5. The van der Waals surface area contributed by atoms with Crippen LogP contribution in [0, 0.1) is 5.82 Å². The van der Waals surface area contributed by atoms with Gasteiger partial charge in [-0.15, -0.1) is 0 Å². The van der Waals surface area contributed by atoms with Crippen LogP contribution in [0.5, 0.6) is 0 Å². The number of benzene rings is 2. The molecule has 2 rings (SSSR count). The summed E-state index contributed by atoms with van der Waals surface area (Å²) in [6.45, 7) is 0. The van der Waals surface area contributed by atoms with E-state index in [0.29, 0.717) is 4.90 Å². The molecule has 0 aliphatic carbocycles. The molecule has 0 amide bonds. The predicted octanol–water partition coefficient (Wildman–Crippen LogP) is 4.24. The highest BCUT2D eigenvalue weighted by molar-refractivity contribution is 7.99. The van der Waals surface area contributed by atoms with Crippen molar-refractivity contribution in [3.8, 4) is 0 Å². The number of hydrogen-bond donors (Lipinski definition) is 1. The van der Waals surface area contributed by atoms with Crippen molar-refractivity contribution in [1.82, 2.24) is 0 Å². The average Bonchev–Trinajstić information content (AvgIpc) is 2.42. The zero-order valence-corrected chi connectivity index (χ0v) is 12.4. The van der Waals surface area contributed by atoms with Crippen molar-refractivity contribution < 1.29 is 26.0 Å². The lowest BCUT2D eigenvalue weighted by Gasteiger charge is -2.11. The SMILES string of the molecule is O=S(=O)(Nc1ccc(Sc2ccccc2)cc1F)C(F)(F)F. The third kappa shape index (κ3) is 3.92. The van der Waals surface area contributed by atoms with Crippen molar-refractivity contribution in [1.29, 1.82) is 0 Å². The van der Waals surface area contributed by atoms with Crippen LogP contribution < -0.4 is 4.72 Å². The van der Waals surface area contributed by atoms with Gasteiger partial charge in [0, 0.05) is 9.79 Å². The molecule has 22 heavy (non-hydrogen) atoms. The minimum atomic E-state index is -5.64. The maximum atomic E-state index is 13.8. The number of halogens is 4. The van der Waals surface area contributed by atoms with Gasteiger partial charge < -0.3 is 0 Å². The van der Waals surface area contributed by atoms with E-state index in [-0.39, 0.29) is 0 Å². The standard InChI is InChI=1S/C13H9F4NO2S2/c14-11-8-10(21-9-4-2-1-3-5-9)6-7-12(11)18-22(19,20)13(15,16)17/h1-8,18H. The van der Waals surface area contributed by atoms with Crippen molar-refractivity contribution in [3.05, 3.63) is 54.3 Å². The highest BCUT2D eigenvalue weighted by Crippen LogP contribution is 2.31. The van der Waals surface area contributed by atoms with E-state index in [2.05, 4.69) is 0 Å². The van der Waals surface area contributed by atoms with Crippen LogP contribution in [0.3, 0.4) is 0 Å². The van der Waals surface area contributed by atoms with Gasteiger partial charge in [0.05, 0.1) is 5.69 Å². The van der Waals surface area contributed by atoms with Crippen LogP contribution in [0.4, 0.5) is 23.2 Å². The van der Waals surface area contributed by atoms with Gasteiger partial charge in [-0.3, -0.25) is 4.72 Å². The molecule has 0 atom stereocenters. The number of hydrogen-bond acceptors (Lipinski definition) is 3. The molecule has 0 aliphatic heterocycles. The number of anilines is 1. The monoisotopic (exact) mass is 351 g/mol. The third-order valence-electron chi connectivity index (χ3n) is 2.47. The molecule has 0 heterocycles. The molecule has 1 N–H and O–H groups in total. The maximum absolute atomic E-state index is 13.8. The van der Waals surface area contributed by atoms with Crippen LogP contribution in [0.2, 0.25) is 0 Å². The molecule has 9 heteroatoms. The Bertz CT molecular complexity index is 761. The Morgan fingerprint density at radius 2 is 1.59 bits per heavy atom. The summed E-state index contributed by atoms with van der Waals surface area (Å²) in [4.78, 5) is 1.24. The van der Waals surface area contributed by atoms with Gasteiger partial charge in [-0.2, -0.15) is 21.6 Å². The van der Waals surface area contributed by atoms with Crippen molar-refractivity contribution in [2.45, 2.75) is 15.3 Å². The van der Waals surface area contributed by atoms with Gasteiger partial charge >= 0.3 is 15.5 Å². The van der Waals surface area contributed by atoms with Crippen molar-refractivity contribution in [2.75, 3.05) is 4.72 Å². The van der Waals surface area contributed by atoms with Gasteiger partial charge in [-0.25, -0.2) is 4.39 Å². The Morgan fingerprint density at radius 1 is 0.955 bits per heavy atom. The summed E-state index contributed by atoms with van der Waals surface area (Å²) in [5.74, 6) is -1.09. The van der Waals surface area contributed by atoms with Crippen LogP contribution in [-0.2, 0) is 10.0 Å². The molecule has 0 saturated carbocycles. The van der Waals surface area contributed by atoms with E-state index < -0.39 is 27.0 Å². The van der Waals surface area contributed by atoms with E-state index in [1.807, 2.05) is 0 Å². The van der Waals surface area contributed by atoms with E-state index in [9.17, 15) is 26.0 Å². The van der Waals surface area contributed by atoms with Gasteiger partial charge in [0.2, 0.25) is 0 Å². The first-order valence-corrected chi connectivity index (χ1v) is 8.10. The minimum Gasteiger partial charge on any atom is -0.273 e. The lowest BCUT2D eigenvalue weighted by atomic mass is 10.3. The van der Waals surface area contributed by atoms with E-state index in [0.717, 1.165) is 17.0 Å². The van der Waals surface area contributed by atoms with Gasteiger partial charge in [0.25, 0.3) is 0 Å².